The first-order valence-corrected chi connectivity index (χ1v) is 10.7. The number of hydrogen-bond donors (Lipinski definition) is 4. The van der Waals surface area contributed by atoms with Crippen molar-refractivity contribution in [2.24, 2.45) is 17.8 Å². The number of carbonyl (C=O) groups excluding carboxylic acids is 2. The maximum atomic E-state index is 12.5. The lowest BCUT2D eigenvalue weighted by Gasteiger charge is -2.33. The van der Waals surface area contributed by atoms with Crippen LogP contribution in [0.1, 0.15) is 38.5 Å². The standard InChI is InChI=1S/C19H29N3O4.C2HF3O2/c1-2-15(19(25)26)12-21-18(24)16-4-3-11-22(13-16)17(23)6-5-14-7-9-20-10-8-14;3-2(4,5)1(6)7/h1,14-16,20H,3-13H2,(H,21,24)(H,25,26);(H,6,7)/t15-,16+;/m1./s1. The molecule has 4 N–H and O–H groups in total. The first-order chi connectivity index (χ1) is 15.5. The summed E-state index contributed by atoms with van der Waals surface area (Å²) >= 11 is 0. The number of carboxylic acid groups (broad SMARTS) is 2. The predicted molar refractivity (Wildman–Crippen MR) is 111 cm³/mol. The molecule has 2 saturated heterocycles. The molecule has 33 heavy (non-hydrogen) atoms. The van der Waals surface area contributed by atoms with Crippen molar-refractivity contribution < 1.29 is 42.6 Å². The summed E-state index contributed by atoms with van der Waals surface area (Å²) in [6.07, 6.45) is 5.26. The highest BCUT2D eigenvalue weighted by molar-refractivity contribution is 5.82. The minimum absolute atomic E-state index is 0.0785. The first kappa shape index (κ1) is 28.2. The van der Waals surface area contributed by atoms with E-state index in [-0.39, 0.29) is 24.3 Å². The second-order valence-corrected chi connectivity index (χ2v) is 8.02. The van der Waals surface area contributed by atoms with Crippen LogP contribution >= 0.6 is 0 Å². The van der Waals surface area contributed by atoms with E-state index in [0.29, 0.717) is 31.8 Å². The van der Waals surface area contributed by atoms with Crippen LogP contribution < -0.4 is 10.6 Å². The van der Waals surface area contributed by atoms with E-state index in [4.69, 9.17) is 21.4 Å². The zero-order valence-electron chi connectivity index (χ0n) is 18.2. The lowest BCUT2D eigenvalue weighted by atomic mass is 9.92. The van der Waals surface area contributed by atoms with E-state index < -0.39 is 24.0 Å². The number of nitrogens with zero attached hydrogens (tertiary/aromatic N) is 1. The van der Waals surface area contributed by atoms with Gasteiger partial charge in [0.1, 0.15) is 5.92 Å². The zero-order valence-corrected chi connectivity index (χ0v) is 18.2. The molecule has 2 amide bonds. The van der Waals surface area contributed by atoms with Crippen LogP contribution in [0.25, 0.3) is 0 Å². The van der Waals surface area contributed by atoms with Crippen LogP contribution in [0.3, 0.4) is 0 Å². The van der Waals surface area contributed by atoms with Gasteiger partial charge in [0, 0.05) is 26.1 Å². The van der Waals surface area contributed by atoms with E-state index in [2.05, 4.69) is 16.6 Å². The fourth-order valence-corrected chi connectivity index (χ4v) is 3.64. The van der Waals surface area contributed by atoms with Gasteiger partial charge in [0.15, 0.2) is 0 Å². The van der Waals surface area contributed by atoms with Crippen LogP contribution in [-0.4, -0.2) is 77.8 Å². The fourth-order valence-electron chi connectivity index (χ4n) is 3.64. The summed E-state index contributed by atoms with van der Waals surface area (Å²) in [6.45, 7) is 3.08. The van der Waals surface area contributed by atoms with Crippen molar-refractivity contribution in [3.05, 3.63) is 0 Å². The Kier molecular flexibility index (Phi) is 11.7. The van der Waals surface area contributed by atoms with Crippen molar-refractivity contribution in [3.8, 4) is 12.3 Å². The molecule has 12 heteroatoms. The SMILES string of the molecule is C#C[C@H](CNC(=O)[C@H]1CCCN(C(=O)CCC2CCNCC2)C1)C(=O)O.O=C(O)C(F)(F)F. The third-order valence-corrected chi connectivity index (χ3v) is 5.59. The summed E-state index contributed by atoms with van der Waals surface area (Å²) < 4.78 is 31.7. The number of alkyl halides is 3. The average Bonchev–Trinajstić information content (AvgIpc) is 2.78. The Morgan fingerprint density at radius 3 is 2.27 bits per heavy atom. The number of hydrogen-bond acceptors (Lipinski definition) is 5. The monoisotopic (exact) mass is 477 g/mol. The number of likely N-dealkylation sites (tertiary alicyclic amines) is 1. The average molecular weight is 477 g/mol. The van der Waals surface area contributed by atoms with Gasteiger partial charge >= 0.3 is 18.1 Å². The van der Waals surface area contributed by atoms with Crippen molar-refractivity contribution in [1.29, 1.82) is 0 Å². The Morgan fingerprint density at radius 2 is 1.76 bits per heavy atom. The molecule has 9 nitrogen and oxygen atoms in total. The highest BCUT2D eigenvalue weighted by Crippen LogP contribution is 2.21. The van der Waals surface area contributed by atoms with Crippen LogP contribution in [0.4, 0.5) is 13.2 Å². The lowest BCUT2D eigenvalue weighted by molar-refractivity contribution is -0.192. The summed E-state index contributed by atoms with van der Waals surface area (Å²) in [4.78, 5) is 46.4. The Balaban J connectivity index is 0.000000675. The highest BCUT2D eigenvalue weighted by Gasteiger charge is 2.38. The Morgan fingerprint density at radius 1 is 1.15 bits per heavy atom. The van der Waals surface area contributed by atoms with Crippen molar-refractivity contribution in [1.82, 2.24) is 15.5 Å². The number of piperidine rings is 2. The van der Waals surface area contributed by atoms with Crippen LogP contribution in [0.5, 0.6) is 0 Å². The fraction of sp³-hybridized carbons (Fsp3) is 0.714. The Labute approximate surface area is 190 Å². The van der Waals surface area contributed by atoms with Crippen LogP contribution in [-0.2, 0) is 19.2 Å². The number of terminal acetylenes is 1. The normalized spacial score (nSPS) is 19.9. The summed E-state index contributed by atoms with van der Waals surface area (Å²) in [7, 11) is 0. The van der Waals surface area contributed by atoms with Gasteiger partial charge in [-0.3, -0.25) is 14.4 Å². The Hall–Kier alpha value is -2.81. The molecule has 0 aliphatic carbocycles. The molecule has 0 spiro atoms. The highest BCUT2D eigenvalue weighted by atomic mass is 19.4. The predicted octanol–water partition coefficient (Wildman–Crippen LogP) is 1.09. The lowest BCUT2D eigenvalue weighted by Crippen LogP contribution is -2.46. The zero-order chi connectivity index (χ0) is 25.0. The van der Waals surface area contributed by atoms with E-state index in [9.17, 15) is 27.6 Å². The van der Waals surface area contributed by atoms with Gasteiger partial charge in [-0.05, 0) is 51.1 Å². The number of aliphatic carboxylic acids is 2. The molecule has 2 aliphatic rings. The quantitative estimate of drug-likeness (QED) is 0.403. The molecule has 0 aromatic heterocycles. The van der Waals surface area contributed by atoms with Crippen molar-refractivity contribution >= 4 is 23.8 Å². The molecular formula is C21H30F3N3O6. The summed E-state index contributed by atoms with van der Waals surface area (Å²) in [5.74, 6) is -2.53. The van der Waals surface area contributed by atoms with Gasteiger partial charge in [0.05, 0.1) is 5.92 Å². The largest absolute Gasteiger partial charge is 0.490 e. The Bertz CT molecular complexity index is 732. The second kappa shape index (κ2) is 13.7. The van der Waals surface area contributed by atoms with E-state index in [1.165, 1.54) is 0 Å². The van der Waals surface area contributed by atoms with Gasteiger partial charge in [-0.15, -0.1) is 6.42 Å². The van der Waals surface area contributed by atoms with Crippen molar-refractivity contribution in [3.63, 3.8) is 0 Å². The van der Waals surface area contributed by atoms with Gasteiger partial charge in [0.25, 0.3) is 0 Å². The molecule has 0 saturated carbocycles. The maximum absolute atomic E-state index is 12.5. The van der Waals surface area contributed by atoms with Gasteiger partial charge in [-0.25, -0.2) is 4.79 Å². The molecular weight excluding hydrogens is 447 g/mol. The molecule has 0 unspecified atom stereocenters. The topological polar surface area (TPSA) is 136 Å². The van der Waals surface area contributed by atoms with E-state index in [0.717, 1.165) is 38.8 Å². The summed E-state index contributed by atoms with van der Waals surface area (Å²) in [5, 5.41) is 22.0. The van der Waals surface area contributed by atoms with E-state index in [1.54, 1.807) is 4.90 Å². The number of carboxylic acids is 2. The minimum atomic E-state index is -5.08. The molecule has 0 radical (unpaired) electrons. The summed E-state index contributed by atoms with van der Waals surface area (Å²) in [6, 6.07) is 0. The van der Waals surface area contributed by atoms with Crippen LogP contribution in [0, 0.1) is 30.1 Å². The molecule has 2 heterocycles. The number of nitrogens with one attached hydrogen (secondary N) is 2. The molecule has 0 aromatic rings. The van der Waals surface area contributed by atoms with Crippen molar-refractivity contribution in [2.75, 3.05) is 32.7 Å². The van der Waals surface area contributed by atoms with Gasteiger partial charge < -0.3 is 25.7 Å². The first-order valence-electron chi connectivity index (χ1n) is 10.7. The van der Waals surface area contributed by atoms with E-state index >= 15 is 0 Å². The van der Waals surface area contributed by atoms with E-state index in [1.807, 2.05) is 0 Å². The molecule has 2 aliphatic heterocycles. The number of amides is 2. The third-order valence-electron chi connectivity index (χ3n) is 5.59. The molecule has 2 atom stereocenters. The van der Waals surface area contributed by atoms with Crippen LogP contribution in [0.2, 0.25) is 0 Å². The summed E-state index contributed by atoms with van der Waals surface area (Å²) in [5.41, 5.74) is 0. The number of carbonyl (C=O) groups is 4. The second-order valence-electron chi connectivity index (χ2n) is 8.02. The van der Waals surface area contributed by atoms with Crippen LogP contribution in [0.15, 0.2) is 0 Å². The molecule has 0 aromatic carbocycles. The maximum Gasteiger partial charge on any atom is 0.490 e. The molecule has 186 valence electrons. The molecule has 2 rings (SSSR count). The molecule has 2 fully saturated rings. The number of halogens is 3. The van der Waals surface area contributed by atoms with Crippen molar-refractivity contribution in [2.45, 2.75) is 44.7 Å². The smallest absolute Gasteiger partial charge is 0.480 e. The molecule has 0 bridgehead atoms. The minimum Gasteiger partial charge on any atom is -0.480 e. The van der Waals surface area contributed by atoms with Gasteiger partial charge in [0.2, 0.25) is 11.8 Å². The third kappa shape index (κ3) is 10.6. The van der Waals surface area contributed by atoms with Gasteiger partial charge in [-0.2, -0.15) is 13.2 Å². The van der Waals surface area contributed by atoms with Gasteiger partial charge in [-0.1, -0.05) is 5.92 Å². The number of rotatable bonds is 7.